The van der Waals surface area contributed by atoms with Crippen molar-refractivity contribution in [3.63, 3.8) is 0 Å². The van der Waals surface area contributed by atoms with Crippen molar-refractivity contribution in [2.24, 2.45) is 5.92 Å². The van der Waals surface area contributed by atoms with Gasteiger partial charge in [-0.15, -0.1) is 0 Å². The van der Waals surface area contributed by atoms with Gasteiger partial charge in [-0.2, -0.15) is 0 Å². The Morgan fingerprint density at radius 2 is 2.05 bits per heavy atom. The molecule has 2 rings (SSSR count). The number of amides is 1. The molecule has 1 aliphatic heterocycles. The third-order valence-corrected chi connectivity index (χ3v) is 4.82. The molecule has 1 aliphatic carbocycles. The van der Waals surface area contributed by atoms with Crippen molar-refractivity contribution in [1.82, 2.24) is 4.90 Å². The normalized spacial score (nSPS) is 27.9. The maximum atomic E-state index is 12.5. The standard InChI is InChI=1S/C16H27NO3/c1-16(2,20-3)11-15(19)17-10-6-8-13(17)12-7-4-5-9-14(12)18/h12-13H,4-11H2,1-3H3. The summed E-state index contributed by atoms with van der Waals surface area (Å²) in [4.78, 5) is 26.6. The second kappa shape index (κ2) is 6.25. The van der Waals surface area contributed by atoms with E-state index in [9.17, 15) is 9.59 Å². The van der Waals surface area contributed by atoms with Gasteiger partial charge < -0.3 is 9.64 Å². The summed E-state index contributed by atoms with van der Waals surface area (Å²) in [6, 6.07) is 0.142. The van der Waals surface area contributed by atoms with Gasteiger partial charge in [0.2, 0.25) is 5.91 Å². The van der Waals surface area contributed by atoms with Crippen LogP contribution in [0.25, 0.3) is 0 Å². The molecule has 0 aromatic heterocycles. The zero-order valence-corrected chi connectivity index (χ0v) is 13.0. The number of carbonyl (C=O) groups is 2. The number of Topliss-reactive ketones (excluding diaryl/α,β-unsaturated/α-hetero) is 1. The Bertz CT molecular complexity index is 378. The molecular weight excluding hydrogens is 254 g/mol. The Labute approximate surface area is 121 Å². The van der Waals surface area contributed by atoms with Crippen molar-refractivity contribution in [3.05, 3.63) is 0 Å². The highest BCUT2D eigenvalue weighted by Gasteiger charge is 2.39. The van der Waals surface area contributed by atoms with E-state index in [1.807, 2.05) is 18.7 Å². The summed E-state index contributed by atoms with van der Waals surface area (Å²) in [5.41, 5.74) is -0.430. The van der Waals surface area contributed by atoms with Crippen molar-refractivity contribution >= 4 is 11.7 Å². The molecule has 0 bridgehead atoms. The predicted molar refractivity (Wildman–Crippen MR) is 77.4 cm³/mol. The van der Waals surface area contributed by atoms with Crippen LogP contribution in [0.15, 0.2) is 0 Å². The minimum Gasteiger partial charge on any atom is -0.378 e. The molecule has 0 radical (unpaired) electrons. The number of likely N-dealkylation sites (tertiary alicyclic amines) is 1. The lowest BCUT2D eigenvalue weighted by atomic mass is 9.81. The van der Waals surface area contributed by atoms with Gasteiger partial charge in [0.05, 0.1) is 12.0 Å². The zero-order chi connectivity index (χ0) is 14.8. The number of ketones is 1. The van der Waals surface area contributed by atoms with Gasteiger partial charge in [-0.05, 0) is 39.5 Å². The summed E-state index contributed by atoms with van der Waals surface area (Å²) in [5.74, 6) is 0.588. The minimum absolute atomic E-state index is 0.0841. The quantitative estimate of drug-likeness (QED) is 0.795. The zero-order valence-electron chi connectivity index (χ0n) is 13.0. The van der Waals surface area contributed by atoms with E-state index in [0.717, 1.165) is 38.6 Å². The molecule has 4 heteroatoms. The van der Waals surface area contributed by atoms with Crippen molar-refractivity contribution < 1.29 is 14.3 Å². The van der Waals surface area contributed by atoms with E-state index in [1.54, 1.807) is 7.11 Å². The van der Waals surface area contributed by atoms with E-state index in [0.29, 0.717) is 18.6 Å². The Balaban J connectivity index is 2.03. The van der Waals surface area contributed by atoms with Crippen molar-refractivity contribution in [3.8, 4) is 0 Å². The molecule has 2 atom stereocenters. The number of rotatable bonds is 4. The summed E-state index contributed by atoms with van der Waals surface area (Å²) in [6.07, 6.45) is 6.20. The summed E-state index contributed by atoms with van der Waals surface area (Å²) < 4.78 is 5.36. The molecule has 0 spiro atoms. The van der Waals surface area contributed by atoms with Crippen LogP contribution >= 0.6 is 0 Å². The molecule has 1 saturated heterocycles. The van der Waals surface area contributed by atoms with Gasteiger partial charge in [0.25, 0.3) is 0 Å². The minimum atomic E-state index is -0.430. The summed E-state index contributed by atoms with van der Waals surface area (Å²) in [6.45, 7) is 4.66. The molecule has 2 aliphatic rings. The first-order valence-corrected chi connectivity index (χ1v) is 7.82. The molecule has 1 heterocycles. The van der Waals surface area contributed by atoms with E-state index in [2.05, 4.69) is 0 Å². The molecule has 2 fully saturated rings. The van der Waals surface area contributed by atoms with Crippen LogP contribution in [-0.2, 0) is 14.3 Å². The lowest BCUT2D eigenvalue weighted by Gasteiger charge is -2.34. The summed E-state index contributed by atoms with van der Waals surface area (Å²) in [5, 5.41) is 0. The fourth-order valence-corrected chi connectivity index (χ4v) is 3.48. The third kappa shape index (κ3) is 3.40. The second-order valence-electron chi connectivity index (χ2n) is 6.76. The first-order valence-electron chi connectivity index (χ1n) is 7.82. The van der Waals surface area contributed by atoms with Crippen LogP contribution in [0.4, 0.5) is 0 Å². The van der Waals surface area contributed by atoms with Gasteiger partial charge in [0.1, 0.15) is 5.78 Å². The topological polar surface area (TPSA) is 46.6 Å². The molecule has 0 N–H and O–H groups in total. The van der Waals surface area contributed by atoms with Crippen molar-refractivity contribution in [2.45, 2.75) is 70.4 Å². The van der Waals surface area contributed by atoms with E-state index in [-0.39, 0.29) is 17.9 Å². The van der Waals surface area contributed by atoms with Crippen molar-refractivity contribution in [1.29, 1.82) is 0 Å². The first-order chi connectivity index (χ1) is 9.44. The number of ether oxygens (including phenoxy) is 1. The van der Waals surface area contributed by atoms with Gasteiger partial charge in [-0.1, -0.05) is 6.42 Å². The fourth-order valence-electron chi connectivity index (χ4n) is 3.48. The molecule has 4 nitrogen and oxygen atoms in total. The lowest BCUT2D eigenvalue weighted by molar-refractivity contribution is -0.140. The van der Waals surface area contributed by atoms with Crippen LogP contribution in [0.1, 0.15) is 58.8 Å². The number of nitrogens with zero attached hydrogens (tertiary/aromatic N) is 1. The fraction of sp³-hybridized carbons (Fsp3) is 0.875. The van der Waals surface area contributed by atoms with Gasteiger partial charge in [0.15, 0.2) is 0 Å². The third-order valence-electron chi connectivity index (χ3n) is 4.82. The predicted octanol–water partition coefficient (Wildman–Crippen LogP) is 2.55. The SMILES string of the molecule is COC(C)(C)CC(=O)N1CCCC1C1CCCCC1=O. The molecule has 1 amide bonds. The Hall–Kier alpha value is -0.900. The number of carbonyl (C=O) groups excluding carboxylic acids is 2. The first kappa shape index (κ1) is 15.5. The van der Waals surface area contributed by atoms with Crippen LogP contribution in [0, 0.1) is 5.92 Å². The average molecular weight is 281 g/mol. The Morgan fingerprint density at radius 1 is 1.30 bits per heavy atom. The molecule has 2 unspecified atom stereocenters. The highest BCUT2D eigenvalue weighted by Crippen LogP contribution is 2.33. The molecule has 0 aromatic carbocycles. The largest absolute Gasteiger partial charge is 0.378 e. The van der Waals surface area contributed by atoms with Crippen LogP contribution in [-0.4, -0.2) is 41.9 Å². The summed E-state index contributed by atoms with van der Waals surface area (Å²) in [7, 11) is 1.64. The molecule has 114 valence electrons. The summed E-state index contributed by atoms with van der Waals surface area (Å²) >= 11 is 0. The molecule has 20 heavy (non-hydrogen) atoms. The van der Waals surface area contributed by atoms with Crippen molar-refractivity contribution in [2.75, 3.05) is 13.7 Å². The Kier molecular flexibility index (Phi) is 4.84. The van der Waals surface area contributed by atoms with E-state index in [4.69, 9.17) is 4.74 Å². The van der Waals surface area contributed by atoms with Crippen LogP contribution < -0.4 is 0 Å². The maximum absolute atomic E-state index is 12.5. The van der Waals surface area contributed by atoms with Crippen LogP contribution in [0.2, 0.25) is 0 Å². The average Bonchev–Trinajstić information content (AvgIpc) is 2.88. The van der Waals surface area contributed by atoms with Crippen LogP contribution in [0.3, 0.4) is 0 Å². The molecular formula is C16H27NO3. The Morgan fingerprint density at radius 3 is 2.70 bits per heavy atom. The van der Waals surface area contributed by atoms with E-state index < -0.39 is 5.60 Å². The monoisotopic (exact) mass is 281 g/mol. The van der Waals surface area contributed by atoms with E-state index in [1.165, 1.54) is 0 Å². The maximum Gasteiger partial charge on any atom is 0.225 e. The van der Waals surface area contributed by atoms with Gasteiger partial charge in [0, 0.05) is 32.0 Å². The highest BCUT2D eigenvalue weighted by molar-refractivity contribution is 5.84. The smallest absolute Gasteiger partial charge is 0.225 e. The lowest BCUT2D eigenvalue weighted by Crippen LogP contribution is -2.45. The molecule has 0 aromatic rings. The number of hydrogen-bond acceptors (Lipinski definition) is 3. The van der Waals surface area contributed by atoms with Gasteiger partial charge in [-0.25, -0.2) is 0 Å². The van der Waals surface area contributed by atoms with E-state index >= 15 is 0 Å². The van der Waals surface area contributed by atoms with Crippen LogP contribution in [0.5, 0.6) is 0 Å². The highest BCUT2D eigenvalue weighted by atomic mass is 16.5. The molecule has 1 saturated carbocycles. The van der Waals surface area contributed by atoms with Gasteiger partial charge in [-0.3, -0.25) is 9.59 Å². The second-order valence-corrected chi connectivity index (χ2v) is 6.76. The van der Waals surface area contributed by atoms with Gasteiger partial charge >= 0.3 is 0 Å². The number of hydrogen-bond donors (Lipinski definition) is 0. The number of methoxy groups -OCH3 is 1.